The largest absolute Gasteiger partial charge is 0.509 e. The van der Waals surface area contributed by atoms with Gasteiger partial charge < -0.3 is 17.7 Å². The number of amides is 1. The summed E-state index contributed by atoms with van der Waals surface area (Å²) in [5, 5.41) is 2.29. The summed E-state index contributed by atoms with van der Waals surface area (Å²) >= 11 is 3.09. The Hall–Kier alpha value is -1.96. The van der Waals surface area contributed by atoms with Gasteiger partial charge in [0.05, 0.1) is 5.69 Å². The molecule has 8 heteroatoms. The quantitative estimate of drug-likeness (QED) is 0.814. The van der Waals surface area contributed by atoms with Gasteiger partial charge in [0.25, 0.3) is 0 Å². The van der Waals surface area contributed by atoms with Crippen molar-refractivity contribution in [3.8, 4) is 0 Å². The lowest BCUT2D eigenvalue weighted by Gasteiger charge is -2.17. The molecule has 22 heavy (non-hydrogen) atoms. The van der Waals surface area contributed by atoms with E-state index >= 15 is 0 Å². The molecule has 0 saturated heterocycles. The molecule has 0 radical (unpaired) electrons. The number of carbonyl (C=O) groups excluding carboxylic acids is 1. The van der Waals surface area contributed by atoms with Crippen molar-refractivity contribution >= 4 is 40.2 Å². The second kappa shape index (κ2) is 6.87. The average molecular weight is 373 g/mol. The molecule has 2 rings (SSSR count). The molecule has 116 valence electrons. The van der Waals surface area contributed by atoms with E-state index in [2.05, 4.69) is 21.2 Å². The van der Waals surface area contributed by atoms with Gasteiger partial charge >= 0.3 is 13.1 Å². The van der Waals surface area contributed by atoms with Crippen molar-refractivity contribution in [3.63, 3.8) is 0 Å². The van der Waals surface area contributed by atoms with Crippen molar-refractivity contribution in [2.75, 3.05) is 5.32 Å². The van der Waals surface area contributed by atoms with Crippen LogP contribution in [0.25, 0.3) is 0 Å². The summed E-state index contributed by atoms with van der Waals surface area (Å²) in [6.07, 6.45) is -0.823. The maximum Gasteiger partial charge on any atom is 0.509 e. The molecule has 0 aliphatic rings. The van der Waals surface area contributed by atoms with Crippen LogP contribution < -0.4 is 10.8 Å². The zero-order valence-corrected chi connectivity index (χ0v) is 12.8. The fourth-order valence-corrected chi connectivity index (χ4v) is 2.06. The van der Waals surface area contributed by atoms with E-state index in [4.69, 9.17) is 4.74 Å². The van der Waals surface area contributed by atoms with Crippen molar-refractivity contribution in [1.29, 1.82) is 0 Å². The van der Waals surface area contributed by atoms with Crippen LogP contribution in [-0.2, 0) is 11.3 Å². The Morgan fingerprint density at radius 2 is 1.82 bits per heavy atom. The van der Waals surface area contributed by atoms with E-state index < -0.39 is 18.5 Å². The third-order valence-corrected chi connectivity index (χ3v) is 3.51. The van der Waals surface area contributed by atoms with Crippen LogP contribution in [0.15, 0.2) is 53.0 Å². The van der Waals surface area contributed by atoms with Gasteiger partial charge in [0.1, 0.15) is 6.61 Å². The van der Waals surface area contributed by atoms with Gasteiger partial charge in [0, 0.05) is 4.47 Å². The Bertz CT molecular complexity index is 665. The topological polar surface area (TPSA) is 38.3 Å². The van der Waals surface area contributed by atoms with E-state index in [0.717, 1.165) is 17.7 Å². The average Bonchev–Trinajstić information content (AvgIpc) is 2.47. The molecule has 0 atom stereocenters. The van der Waals surface area contributed by atoms with Gasteiger partial charge in [-0.05, 0) is 27.6 Å². The molecule has 0 saturated carbocycles. The van der Waals surface area contributed by atoms with Gasteiger partial charge in [-0.2, -0.15) is 0 Å². The molecule has 2 aromatic rings. The minimum absolute atomic E-state index is 0.00904. The van der Waals surface area contributed by atoms with Gasteiger partial charge in [-0.1, -0.05) is 42.5 Å². The SMILES string of the molecule is O=C(Nc1cc([B-](F)(F)F)ccc1Br)OCc1ccccc1. The van der Waals surface area contributed by atoms with Crippen LogP contribution in [0.3, 0.4) is 0 Å². The number of benzene rings is 2. The minimum Gasteiger partial charge on any atom is -0.445 e. The molecule has 0 heterocycles. The third kappa shape index (κ3) is 4.52. The Morgan fingerprint density at radius 3 is 2.45 bits per heavy atom. The highest BCUT2D eigenvalue weighted by Gasteiger charge is 2.26. The summed E-state index contributed by atoms with van der Waals surface area (Å²) in [6, 6.07) is 12.0. The van der Waals surface area contributed by atoms with Crippen molar-refractivity contribution < 1.29 is 22.5 Å². The minimum atomic E-state index is -5.13. The Kier molecular flexibility index (Phi) is 5.13. The summed E-state index contributed by atoms with van der Waals surface area (Å²) < 4.78 is 43.4. The first-order chi connectivity index (χ1) is 10.4. The number of nitrogens with one attached hydrogen (secondary N) is 1. The Balaban J connectivity index is 2.02. The maximum atomic E-state index is 12.7. The number of ether oxygens (including phenoxy) is 1. The monoisotopic (exact) mass is 372 g/mol. The van der Waals surface area contributed by atoms with Gasteiger partial charge in [0.15, 0.2) is 0 Å². The smallest absolute Gasteiger partial charge is 0.445 e. The third-order valence-electron chi connectivity index (χ3n) is 2.82. The van der Waals surface area contributed by atoms with Gasteiger partial charge in [-0.3, -0.25) is 5.32 Å². The van der Waals surface area contributed by atoms with Crippen LogP contribution in [0, 0.1) is 0 Å². The summed E-state index contributed by atoms with van der Waals surface area (Å²) in [6.45, 7) is -5.09. The normalized spacial score (nSPS) is 11.1. The molecule has 0 aliphatic heterocycles. The second-order valence-corrected chi connectivity index (χ2v) is 5.36. The molecule has 0 fully saturated rings. The maximum absolute atomic E-state index is 12.7. The second-order valence-electron chi connectivity index (χ2n) is 4.50. The summed E-state index contributed by atoms with van der Waals surface area (Å²) in [5.74, 6) is 0. The zero-order valence-electron chi connectivity index (χ0n) is 11.2. The van der Waals surface area contributed by atoms with Crippen molar-refractivity contribution in [1.82, 2.24) is 0 Å². The molecule has 0 aliphatic carbocycles. The number of carbonyl (C=O) groups is 1. The van der Waals surface area contributed by atoms with Crippen LogP contribution in [0.4, 0.5) is 23.4 Å². The van der Waals surface area contributed by atoms with E-state index in [1.165, 1.54) is 6.07 Å². The Morgan fingerprint density at radius 1 is 1.14 bits per heavy atom. The lowest BCUT2D eigenvalue weighted by Crippen LogP contribution is -2.34. The molecular formula is C14H11BBrF3NO2-. The molecule has 0 unspecified atom stereocenters. The number of hydrogen-bond donors (Lipinski definition) is 1. The van der Waals surface area contributed by atoms with Gasteiger partial charge in [0.2, 0.25) is 0 Å². The van der Waals surface area contributed by atoms with E-state index in [1.807, 2.05) is 6.07 Å². The Labute approximate surface area is 133 Å². The van der Waals surface area contributed by atoms with Crippen molar-refractivity contribution in [2.45, 2.75) is 6.61 Å². The fourth-order valence-electron chi connectivity index (χ4n) is 1.71. The molecular weight excluding hydrogens is 362 g/mol. The molecule has 0 aromatic heterocycles. The van der Waals surface area contributed by atoms with Crippen molar-refractivity contribution in [2.24, 2.45) is 0 Å². The first-order valence-corrected chi connectivity index (χ1v) is 7.12. The standard InChI is InChI=1S/C14H11BBrF3NO2/c16-12-7-6-11(15(17,18)19)8-13(12)20-14(21)22-9-10-4-2-1-3-5-10/h1-8H,9H2,(H,20,21)/q-1. The zero-order chi connectivity index (χ0) is 16.2. The first kappa shape index (κ1) is 16.4. The van der Waals surface area contributed by atoms with E-state index in [0.29, 0.717) is 4.47 Å². The number of halogens is 4. The lowest BCUT2D eigenvalue weighted by atomic mass is 9.80. The number of rotatable bonds is 4. The fraction of sp³-hybridized carbons (Fsp3) is 0.0714. The molecule has 0 bridgehead atoms. The summed E-state index contributed by atoms with van der Waals surface area (Å²) in [7, 11) is 0. The van der Waals surface area contributed by atoms with Gasteiger partial charge in [-0.25, -0.2) is 4.79 Å². The van der Waals surface area contributed by atoms with Crippen LogP contribution >= 0.6 is 15.9 Å². The van der Waals surface area contributed by atoms with E-state index in [-0.39, 0.29) is 12.3 Å². The van der Waals surface area contributed by atoms with E-state index in [1.54, 1.807) is 24.3 Å². The predicted molar refractivity (Wildman–Crippen MR) is 83.1 cm³/mol. The molecule has 3 nitrogen and oxygen atoms in total. The van der Waals surface area contributed by atoms with Crippen LogP contribution in [-0.4, -0.2) is 13.1 Å². The lowest BCUT2D eigenvalue weighted by molar-refractivity contribution is 0.155. The van der Waals surface area contributed by atoms with Crippen LogP contribution in [0.2, 0.25) is 0 Å². The van der Waals surface area contributed by atoms with Crippen molar-refractivity contribution in [3.05, 3.63) is 58.6 Å². The number of anilines is 1. The highest BCUT2D eigenvalue weighted by molar-refractivity contribution is 9.10. The van der Waals surface area contributed by atoms with E-state index in [9.17, 15) is 17.7 Å². The molecule has 1 N–H and O–H groups in total. The van der Waals surface area contributed by atoms with Crippen LogP contribution in [0.5, 0.6) is 0 Å². The predicted octanol–water partition coefficient (Wildman–Crippen LogP) is 4.25. The molecule has 0 spiro atoms. The van der Waals surface area contributed by atoms with Gasteiger partial charge in [-0.15, -0.1) is 5.46 Å². The summed E-state index contributed by atoms with van der Waals surface area (Å²) in [5.41, 5.74) is 0.000382. The highest BCUT2D eigenvalue weighted by atomic mass is 79.9. The molecule has 1 amide bonds. The van der Waals surface area contributed by atoms with Crippen LogP contribution in [0.1, 0.15) is 5.56 Å². The molecule has 2 aromatic carbocycles. The summed E-state index contributed by atoms with van der Waals surface area (Å²) in [4.78, 5) is 11.7. The number of hydrogen-bond acceptors (Lipinski definition) is 2. The first-order valence-electron chi connectivity index (χ1n) is 6.33. The highest BCUT2D eigenvalue weighted by Crippen LogP contribution is 2.23.